The van der Waals surface area contributed by atoms with Crippen LogP contribution in [0.15, 0.2) is 69.5 Å². The summed E-state index contributed by atoms with van der Waals surface area (Å²) in [6.07, 6.45) is -10.0. The van der Waals surface area contributed by atoms with Crippen LogP contribution in [0, 0.1) is 0 Å². The van der Waals surface area contributed by atoms with Crippen LogP contribution in [0.25, 0.3) is 34.2 Å². The van der Waals surface area contributed by atoms with E-state index in [4.69, 9.17) is 18.3 Å². The van der Waals surface area contributed by atoms with E-state index in [1.807, 2.05) is 0 Å². The Bertz CT molecular complexity index is 1180. The highest BCUT2D eigenvalue weighted by Crippen LogP contribution is 2.48. The predicted octanol–water partition coefficient (Wildman–Crippen LogP) is 7.93. The molecule has 0 unspecified atom stereocenters. The molecule has 0 saturated heterocycles. The zero-order valence-corrected chi connectivity index (χ0v) is 17.7. The molecule has 4 nitrogen and oxygen atoms in total. The zero-order chi connectivity index (χ0) is 24.7. The zero-order valence-electron chi connectivity index (χ0n) is 17.7. The van der Waals surface area contributed by atoms with Crippen LogP contribution in [0.5, 0.6) is 11.5 Å². The van der Waals surface area contributed by atoms with E-state index in [0.717, 1.165) is 0 Å². The maximum atomic E-state index is 13.8. The second-order valence-electron chi connectivity index (χ2n) is 7.16. The number of rotatable bonds is 5. The van der Waals surface area contributed by atoms with Gasteiger partial charge in [-0.1, -0.05) is 0 Å². The van der Waals surface area contributed by atoms with Crippen LogP contribution in [-0.4, -0.2) is 14.2 Å². The highest BCUT2D eigenvalue weighted by atomic mass is 19.4. The molecule has 0 amide bonds. The van der Waals surface area contributed by atoms with Crippen LogP contribution in [-0.2, 0) is 12.4 Å². The topological polar surface area (TPSA) is 44.7 Å². The van der Waals surface area contributed by atoms with Crippen molar-refractivity contribution >= 4 is 0 Å². The summed E-state index contributed by atoms with van der Waals surface area (Å²) in [5.41, 5.74) is -2.35. The second kappa shape index (κ2) is 8.51. The van der Waals surface area contributed by atoms with Crippen molar-refractivity contribution in [3.63, 3.8) is 0 Å². The molecular weight excluding hydrogens is 466 g/mol. The summed E-state index contributed by atoms with van der Waals surface area (Å²) >= 11 is 0. The molecule has 0 atom stereocenters. The van der Waals surface area contributed by atoms with Crippen molar-refractivity contribution in [2.24, 2.45) is 0 Å². The third-order valence-electron chi connectivity index (χ3n) is 5.03. The Morgan fingerprint density at radius 3 is 1.15 bits per heavy atom. The Balaban J connectivity index is 1.89. The van der Waals surface area contributed by atoms with E-state index in [9.17, 15) is 26.3 Å². The molecule has 0 bridgehead atoms. The molecular formula is C24H16F6O4. The van der Waals surface area contributed by atoms with Crippen molar-refractivity contribution in [1.82, 2.24) is 0 Å². The van der Waals surface area contributed by atoms with Gasteiger partial charge in [0.25, 0.3) is 0 Å². The minimum Gasteiger partial charge on any atom is -0.497 e. The van der Waals surface area contributed by atoms with Crippen molar-refractivity contribution in [3.8, 4) is 45.7 Å². The van der Waals surface area contributed by atoms with E-state index in [1.54, 1.807) is 0 Å². The first-order valence-corrected chi connectivity index (χ1v) is 9.72. The molecule has 0 saturated carbocycles. The van der Waals surface area contributed by atoms with E-state index < -0.39 is 35.0 Å². The molecule has 4 rings (SSSR count). The normalized spacial score (nSPS) is 12.1. The van der Waals surface area contributed by atoms with Crippen molar-refractivity contribution in [3.05, 3.63) is 71.8 Å². The van der Waals surface area contributed by atoms with Crippen LogP contribution in [0.1, 0.15) is 11.1 Å². The lowest BCUT2D eigenvalue weighted by Gasteiger charge is -2.08. The van der Waals surface area contributed by atoms with Gasteiger partial charge in [-0.3, -0.25) is 0 Å². The van der Waals surface area contributed by atoms with Gasteiger partial charge in [-0.05, 0) is 60.7 Å². The van der Waals surface area contributed by atoms with Crippen LogP contribution in [0.4, 0.5) is 26.3 Å². The Morgan fingerprint density at radius 1 is 0.559 bits per heavy atom. The van der Waals surface area contributed by atoms with Gasteiger partial charge in [0.05, 0.1) is 14.2 Å². The largest absolute Gasteiger partial charge is 0.497 e. The number of ether oxygens (including phenoxy) is 2. The molecule has 34 heavy (non-hydrogen) atoms. The highest BCUT2D eigenvalue weighted by molar-refractivity contribution is 5.72. The van der Waals surface area contributed by atoms with Crippen molar-refractivity contribution in [2.75, 3.05) is 14.2 Å². The maximum Gasteiger partial charge on any atom is 0.420 e. The second-order valence-corrected chi connectivity index (χ2v) is 7.16. The fraction of sp³-hybridized carbons (Fsp3) is 0.167. The lowest BCUT2D eigenvalue weighted by atomic mass is 10.1. The summed E-state index contributed by atoms with van der Waals surface area (Å²) < 4.78 is 104. The average Bonchev–Trinajstić information content (AvgIpc) is 3.44. The lowest BCUT2D eigenvalue weighted by Crippen LogP contribution is -2.08. The van der Waals surface area contributed by atoms with Crippen LogP contribution in [0.2, 0.25) is 0 Å². The predicted molar refractivity (Wildman–Crippen MR) is 110 cm³/mol. The Labute approximate surface area is 189 Å². The van der Waals surface area contributed by atoms with Gasteiger partial charge in [0, 0.05) is 11.1 Å². The molecule has 0 aliphatic carbocycles. The first-order chi connectivity index (χ1) is 16.0. The quantitative estimate of drug-likeness (QED) is 0.271. The smallest absolute Gasteiger partial charge is 0.420 e. The van der Waals surface area contributed by atoms with Gasteiger partial charge in [0.1, 0.15) is 34.1 Å². The van der Waals surface area contributed by atoms with Gasteiger partial charge in [0.15, 0.2) is 11.5 Å². The van der Waals surface area contributed by atoms with E-state index in [2.05, 4.69) is 0 Å². The van der Waals surface area contributed by atoms with Gasteiger partial charge in [0.2, 0.25) is 0 Å². The molecule has 178 valence electrons. The maximum absolute atomic E-state index is 13.8. The van der Waals surface area contributed by atoms with E-state index >= 15 is 0 Å². The summed E-state index contributed by atoms with van der Waals surface area (Å²) in [6.45, 7) is 0. The highest BCUT2D eigenvalue weighted by Gasteiger charge is 2.43. The number of hydrogen-bond acceptors (Lipinski definition) is 4. The summed E-state index contributed by atoms with van der Waals surface area (Å²) in [5.74, 6) is -1.79. The van der Waals surface area contributed by atoms with Crippen molar-refractivity contribution < 1.29 is 44.7 Å². The molecule has 2 aromatic heterocycles. The van der Waals surface area contributed by atoms with Gasteiger partial charge < -0.3 is 18.3 Å². The monoisotopic (exact) mass is 482 g/mol. The minimum absolute atomic E-state index is 0.216. The lowest BCUT2D eigenvalue weighted by molar-refractivity contribution is -0.140. The van der Waals surface area contributed by atoms with E-state index in [1.165, 1.54) is 62.8 Å². The van der Waals surface area contributed by atoms with E-state index in [-0.39, 0.29) is 22.6 Å². The molecule has 0 aliphatic heterocycles. The minimum atomic E-state index is -5.00. The number of furan rings is 2. The molecule has 0 aliphatic rings. The Morgan fingerprint density at radius 2 is 0.882 bits per heavy atom. The molecule has 0 spiro atoms. The summed E-state index contributed by atoms with van der Waals surface area (Å²) in [7, 11) is 2.83. The van der Waals surface area contributed by atoms with Gasteiger partial charge >= 0.3 is 12.4 Å². The van der Waals surface area contributed by atoms with Crippen molar-refractivity contribution in [1.29, 1.82) is 0 Å². The van der Waals surface area contributed by atoms with Gasteiger partial charge in [-0.2, -0.15) is 26.3 Å². The number of benzene rings is 2. The molecule has 2 aromatic carbocycles. The molecule has 4 aromatic rings. The molecule has 0 radical (unpaired) electrons. The molecule has 2 heterocycles. The van der Waals surface area contributed by atoms with E-state index in [0.29, 0.717) is 23.6 Å². The number of alkyl halides is 6. The first-order valence-electron chi connectivity index (χ1n) is 9.72. The summed E-state index contributed by atoms with van der Waals surface area (Å²) in [6, 6.07) is 12.9. The standard InChI is InChI=1S/C24H16F6O4/c1-31-15-7-3-13(4-8-15)19-11-17(23(25,26)27)21(33-19)22-18(24(28,29)30)12-20(34-22)14-5-9-16(32-2)10-6-14/h3-12H,1-2H3. The van der Waals surface area contributed by atoms with Crippen molar-refractivity contribution in [2.45, 2.75) is 12.4 Å². The SMILES string of the molecule is COc1ccc(-c2cc(C(F)(F)F)c(-c3oc(-c4ccc(OC)cc4)cc3C(F)(F)F)o2)cc1. The average molecular weight is 482 g/mol. The van der Waals surface area contributed by atoms with Gasteiger partial charge in [-0.15, -0.1) is 0 Å². The third-order valence-corrected chi connectivity index (χ3v) is 5.03. The molecule has 10 heteroatoms. The number of hydrogen-bond donors (Lipinski definition) is 0. The third kappa shape index (κ3) is 4.48. The Kier molecular flexibility index (Phi) is 5.84. The summed E-state index contributed by atoms with van der Waals surface area (Å²) in [4.78, 5) is 0. The fourth-order valence-electron chi connectivity index (χ4n) is 3.34. The van der Waals surface area contributed by atoms with Gasteiger partial charge in [-0.25, -0.2) is 0 Å². The Hall–Kier alpha value is -3.82. The molecule has 0 fully saturated rings. The van der Waals surface area contributed by atoms with Crippen LogP contribution in [0.3, 0.4) is 0 Å². The summed E-state index contributed by atoms with van der Waals surface area (Å²) in [5, 5.41) is 0. The fourth-order valence-corrected chi connectivity index (χ4v) is 3.34. The first kappa shape index (κ1) is 23.3. The van der Waals surface area contributed by atoms with Crippen LogP contribution >= 0.6 is 0 Å². The molecule has 0 N–H and O–H groups in total. The number of halogens is 6. The van der Waals surface area contributed by atoms with Crippen LogP contribution < -0.4 is 9.47 Å². The number of methoxy groups -OCH3 is 2.